The first-order valence-electron chi connectivity index (χ1n) is 5.08. The molecule has 0 aliphatic carbocycles. The van der Waals surface area contributed by atoms with Gasteiger partial charge in [0.25, 0.3) is 0 Å². The maximum absolute atomic E-state index is 11.0. The predicted octanol–water partition coefficient (Wildman–Crippen LogP) is 1.94. The van der Waals surface area contributed by atoms with Crippen LogP contribution >= 0.6 is 11.6 Å². The van der Waals surface area contributed by atoms with Gasteiger partial charge in [-0.05, 0) is 29.3 Å². The van der Waals surface area contributed by atoms with Crippen LogP contribution in [-0.2, 0) is 20.7 Å². The minimum Gasteiger partial charge on any atom is -0.493 e. The monoisotopic (exact) mass is 256 g/mol. The van der Waals surface area contributed by atoms with Gasteiger partial charge in [-0.25, -0.2) is 0 Å². The summed E-state index contributed by atoms with van der Waals surface area (Å²) in [6.45, 7) is 0.249. The highest BCUT2D eigenvalue weighted by Gasteiger charge is 2.03. The first-order chi connectivity index (χ1) is 8.11. The predicted molar refractivity (Wildman–Crippen MR) is 63.1 cm³/mol. The van der Waals surface area contributed by atoms with Crippen LogP contribution < -0.4 is 4.74 Å². The second kappa shape index (κ2) is 6.91. The number of hydrogen-bond acceptors (Lipinski definition) is 4. The van der Waals surface area contributed by atoms with Crippen LogP contribution in [0, 0.1) is 0 Å². The molecule has 0 aliphatic rings. The molecule has 0 aromatic heterocycles. The quantitative estimate of drug-likeness (QED) is 0.577. The minimum absolute atomic E-state index is 0.172. The van der Waals surface area contributed by atoms with E-state index in [0.29, 0.717) is 5.75 Å². The Kier molecular flexibility index (Phi) is 5.49. The van der Waals surface area contributed by atoms with Gasteiger partial charge in [0.2, 0.25) is 5.24 Å². The summed E-state index contributed by atoms with van der Waals surface area (Å²) in [5.74, 6) is 0.350. The highest BCUT2D eigenvalue weighted by atomic mass is 35.5. The van der Waals surface area contributed by atoms with Gasteiger partial charge in [0.1, 0.15) is 5.75 Å². The van der Waals surface area contributed by atoms with Gasteiger partial charge in [-0.3, -0.25) is 9.59 Å². The van der Waals surface area contributed by atoms with E-state index in [1.54, 1.807) is 24.3 Å². The van der Waals surface area contributed by atoms with E-state index in [0.717, 1.165) is 5.56 Å². The number of methoxy groups -OCH3 is 1. The summed E-state index contributed by atoms with van der Waals surface area (Å²) >= 11 is 5.17. The lowest BCUT2D eigenvalue weighted by Crippen LogP contribution is -2.04. The largest absolute Gasteiger partial charge is 0.493 e. The second-order valence-corrected chi connectivity index (χ2v) is 3.77. The summed E-state index contributed by atoms with van der Waals surface area (Å²) in [7, 11) is 1.35. The maximum Gasteiger partial charge on any atom is 0.309 e. The van der Waals surface area contributed by atoms with Crippen LogP contribution in [-0.4, -0.2) is 24.9 Å². The van der Waals surface area contributed by atoms with Crippen molar-refractivity contribution < 1.29 is 19.1 Å². The molecule has 0 N–H and O–H groups in total. The number of rotatable bonds is 6. The van der Waals surface area contributed by atoms with Gasteiger partial charge in [0, 0.05) is 0 Å². The van der Waals surface area contributed by atoms with Gasteiger partial charge < -0.3 is 9.47 Å². The molecule has 0 aliphatic heterocycles. The Labute approximate surface area is 104 Å². The van der Waals surface area contributed by atoms with Crippen molar-refractivity contribution in [2.75, 3.05) is 13.7 Å². The minimum atomic E-state index is -0.424. The van der Waals surface area contributed by atoms with Crippen LogP contribution in [0.4, 0.5) is 0 Å². The molecule has 0 atom stereocenters. The number of hydrogen-bond donors (Lipinski definition) is 0. The molecule has 1 rings (SSSR count). The zero-order valence-corrected chi connectivity index (χ0v) is 10.2. The Morgan fingerprint density at radius 1 is 1.24 bits per heavy atom. The average Bonchev–Trinajstić information content (AvgIpc) is 2.31. The van der Waals surface area contributed by atoms with Crippen LogP contribution in [0.25, 0.3) is 0 Å². The molecule has 5 heteroatoms. The molecule has 0 spiro atoms. The van der Waals surface area contributed by atoms with Gasteiger partial charge in [-0.15, -0.1) is 0 Å². The summed E-state index contributed by atoms with van der Waals surface area (Å²) in [5.41, 5.74) is 0.845. The van der Waals surface area contributed by atoms with Crippen molar-refractivity contribution >= 4 is 22.8 Å². The number of esters is 1. The molecule has 0 unspecified atom stereocenters. The lowest BCUT2D eigenvalue weighted by atomic mass is 10.1. The second-order valence-electron chi connectivity index (χ2n) is 3.35. The van der Waals surface area contributed by atoms with Crippen LogP contribution in [0.1, 0.15) is 12.0 Å². The van der Waals surface area contributed by atoms with E-state index in [1.165, 1.54) is 7.11 Å². The van der Waals surface area contributed by atoms with E-state index in [1.807, 2.05) is 0 Å². The highest BCUT2D eigenvalue weighted by Crippen LogP contribution is 2.13. The van der Waals surface area contributed by atoms with E-state index in [9.17, 15) is 9.59 Å². The number of carbonyl (C=O) groups excluding carboxylic acids is 2. The highest BCUT2D eigenvalue weighted by molar-refractivity contribution is 6.63. The van der Waals surface area contributed by atoms with Crippen molar-refractivity contribution in [3.05, 3.63) is 29.8 Å². The molecule has 0 heterocycles. The standard InChI is InChI=1S/C12H13ClO4/c1-16-12(15)8-9-2-4-10(5-3-9)17-7-6-11(13)14/h2-5H,6-8H2,1H3. The Hall–Kier alpha value is -1.55. The van der Waals surface area contributed by atoms with Gasteiger partial charge in [-0.2, -0.15) is 0 Å². The topological polar surface area (TPSA) is 52.6 Å². The third-order valence-electron chi connectivity index (χ3n) is 2.07. The van der Waals surface area contributed by atoms with Crippen molar-refractivity contribution in [2.45, 2.75) is 12.8 Å². The smallest absolute Gasteiger partial charge is 0.309 e. The maximum atomic E-state index is 11.0. The summed E-state index contributed by atoms with van der Waals surface area (Å²) in [4.78, 5) is 21.5. The number of halogens is 1. The Morgan fingerprint density at radius 2 is 1.88 bits per heavy atom. The first-order valence-corrected chi connectivity index (χ1v) is 5.46. The molecule has 1 aromatic rings. The third kappa shape index (κ3) is 5.36. The fourth-order valence-electron chi connectivity index (χ4n) is 1.19. The van der Waals surface area contributed by atoms with Gasteiger partial charge in [-0.1, -0.05) is 12.1 Å². The third-order valence-corrected chi connectivity index (χ3v) is 2.26. The van der Waals surface area contributed by atoms with E-state index in [-0.39, 0.29) is 25.4 Å². The lowest BCUT2D eigenvalue weighted by molar-refractivity contribution is -0.139. The lowest BCUT2D eigenvalue weighted by Gasteiger charge is -2.05. The van der Waals surface area contributed by atoms with Gasteiger partial charge in [0.05, 0.1) is 26.6 Å². The van der Waals surface area contributed by atoms with Crippen molar-refractivity contribution in [2.24, 2.45) is 0 Å². The van der Waals surface area contributed by atoms with Crippen LogP contribution in [0.5, 0.6) is 5.75 Å². The summed E-state index contributed by atoms with van der Waals surface area (Å²) in [5, 5.41) is -0.424. The molecule has 0 saturated carbocycles. The zero-order valence-electron chi connectivity index (χ0n) is 9.44. The van der Waals surface area contributed by atoms with E-state index >= 15 is 0 Å². The molecule has 17 heavy (non-hydrogen) atoms. The Morgan fingerprint density at radius 3 is 2.41 bits per heavy atom. The van der Waals surface area contributed by atoms with Crippen LogP contribution in [0.2, 0.25) is 0 Å². The molecule has 0 radical (unpaired) electrons. The average molecular weight is 257 g/mol. The molecule has 4 nitrogen and oxygen atoms in total. The van der Waals surface area contributed by atoms with Crippen LogP contribution in [0.3, 0.4) is 0 Å². The van der Waals surface area contributed by atoms with Crippen molar-refractivity contribution in [3.63, 3.8) is 0 Å². The molecule has 0 fully saturated rings. The van der Waals surface area contributed by atoms with Crippen molar-refractivity contribution in [3.8, 4) is 5.75 Å². The Bertz CT molecular complexity index is 386. The van der Waals surface area contributed by atoms with Crippen LogP contribution in [0.15, 0.2) is 24.3 Å². The molecule has 92 valence electrons. The fourth-order valence-corrected chi connectivity index (χ4v) is 1.27. The number of carbonyl (C=O) groups is 2. The normalized spacial score (nSPS) is 9.76. The van der Waals surface area contributed by atoms with Gasteiger partial charge >= 0.3 is 5.97 Å². The fraction of sp³-hybridized carbons (Fsp3) is 0.333. The molecule has 0 amide bonds. The molecular formula is C12H13ClO4. The molecular weight excluding hydrogens is 244 g/mol. The summed E-state index contributed by atoms with van der Waals surface area (Å²) in [6.07, 6.45) is 0.405. The molecule has 0 saturated heterocycles. The van der Waals surface area contributed by atoms with Gasteiger partial charge in [0.15, 0.2) is 0 Å². The van der Waals surface area contributed by atoms with E-state index in [2.05, 4.69) is 4.74 Å². The Balaban J connectivity index is 2.44. The number of ether oxygens (including phenoxy) is 2. The first kappa shape index (κ1) is 13.5. The van der Waals surface area contributed by atoms with E-state index < -0.39 is 5.24 Å². The summed E-state index contributed by atoms with van der Waals surface area (Å²) in [6, 6.07) is 7.01. The van der Waals surface area contributed by atoms with Crippen molar-refractivity contribution in [1.82, 2.24) is 0 Å². The van der Waals surface area contributed by atoms with E-state index in [4.69, 9.17) is 16.3 Å². The number of benzene rings is 1. The molecule has 0 bridgehead atoms. The zero-order chi connectivity index (χ0) is 12.7. The van der Waals surface area contributed by atoms with Crippen molar-refractivity contribution in [1.29, 1.82) is 0 Å². The SMILES string of the molecule is COC(=O)Cc1ccc(OCCC(=O)Cl)cc1. The summed E-state index contributed by atoms with van der Waals surface area (Å²) < 4.78 is 9.83. The molecule has 1 aromatic carbocycles.